The fourth-order valence-corrected chi connectivity index (χ4v) is 1.76. The van der Waals surface area contributed by atoms with Crippen molar-refractivity contribution in [2.45, 2.75) is 49.5 Å². The van der Waals surface area contributed by atoms with Gasteiger partial charge in [-0.1, -0.05) is 0 Å². The summed E-state index contributed by atoms with van der Waals surface area (Å²) in [6.45, 7) is 0. The number of carbonyl (C=O) groups excluding carboxylic acids is 1. The maximum atomic E-state index is 11.3. The lowest BCUT2D eigenvalue weighted by Crippen LogP contribution is -2.64. The molecular formula is C10H16O9. The van der Waals surface area contributed by atoms with E-state index in [0.717, 1.165) is 0 Å². The molecule has 0 spiro atoms. The van der Waals surface area contributed by atoms with Crippen LogP contribution < -0.4 is 0 Å². The number of carboxylic acid groups (broad SMARTS) is 1. The van der Waals surface area contributed by atoms with Crippen molar-refractivity contribution in [1.29, 1.82) is 0 Å². The number of aliphatic hydroxyl groups is 5. The molecule has 1 aliphatic carbocycles. The Kier molecular flexibility index (Phi) is 5.20. The van der Waals surface area contributed by atoms with Crippen LogP contribution in [0.25, 0.3) is 0 Å². The van der Waals surface area contributed by atoms with Gasteiger partial charge in [0.2, 0.25) is 0 Å². The standard InChI is InChI=1S/C10H16O9/c11-3(12)1-2-4(13)19-10-8(17)6(15)5(14)7(16)9(10)18/h5-10,14-18H,1-2H2,(H,11,12)/t5-,6-,7+,8-,9-,10-/m0/s1. The first-order valence-electron chi connectivity index (χ1n) is 5.57. The summed E-state index contributed by atoms with van der Waals surface area (Å²) in [6.07, 6.45) is -11.6. The van der Waals surface area contributed by atoms with E-state index >= 15 is 0 Å². The lowest BCUT2D eigenvalue weighted by atomic mass is 9.85. The van der Waals surface area contributed by atoms with E-state index in [4.69, 9.17) is 5.11 Å². The quantitative estimate of drug-likeness (QED) is 0.287. The van der Waals surface area contributed by atoms with Gasteiger partial charge in [-0.15, -0.1) is 0 Å². The van der Waals surface area contributed by atoms with E-state index < -0.39 is 61.4 Å². The minimum absolute atomic E-state index is 0.486. The zero-order chi connectivity index (χ0) is 14.7. The molecule has 0 aromatic rings. The maximum absolute atomic E-state index is 11.3. The Balaban J connectivity index is 2.65. The predicted molar refractivity (Wildman–Crippen MR) is 56.8 cm³/mol. The second kappa shape index (κ2) is 6.26. The Hall–Kier alpha value is -1.26. The smallest absolute Gasteiger partial charge is 0.306 e. The van der Waals surface area contributed by atoms with Gasteiger partial charge in [0.15, 0.2) is 6.10 Å². The molecule has 1 saturated carbocycles. The van der Waals surface area contributed by atoms with Gasteiger partial charge in [0.25, 0.3) is 0 Å². The molecule has 0 aromatic carbocycles. The van der Waals surface area contributed by atoms with E-state index in [-0.39, 0.29) is 0 Å². The number of ether oxygens (including phenoxy) is 1. The van der Waals surface area contributed by atoms with Crippen molar-refractivity contribution in [1.82, 2.24) is 0 Å². The lowest BCUT2D eigenvalue weighted by molar-refractivity contribution is -0.233. The minimum atomic E-state index is -1.80. The van der Waals surface area contributed by atoms with Gasteiger partial charge >= 0.3 is 11.9 Å². The molecule has 0 saturated heterocycles. The number of esters is 1. The Morgan fingerprint density at radius 2 is 1.21 bits per heavy atom. The van der Waals surface area contributed by atoms with E-state index in [9.17, 15) is 35.1 Å². The molecule has 0 aliphatic heterocycles. The summed E-state index contributed by atoms with van der Waals surface area (Å²) < 4.78 is 4.62. The molecule has 1 aliphatic rings. The number of aliphatic hydroxyl groups excluding tert-OH is 5. The molecule has 9 heteroatoms. The Morgan fingerprint density at radius 1 is 0.789 bits per heavy atom. The second-order valence-electron chi connectivity index (χ2n) is 4.30. The molecule has 0 aromatic heterocycles. The van der Waals surface area contributed by atoms with Crippen LogP contribution in [0.15, 0.2) is 0 Å². The molecule has 0 heterocycles. The highest BCUT2D eigenvalue weighted by molar-refractivity contribution is 5.76. The van der Waals surface area contributed by atoms with E-state index in [1.165, 1.54) is 0 Å². The van der Waals surface area contributed by atoms with Crippen LogP contribution >= 0.6 is 0 Å². The zero-order valence-corrected chi connectivity index (χ0v) is 9.79. The first-order chi connectivity index (χ1) is 8.75. The summed E-state index contributed by atoms with van der Waals surface area (Å²) in [4.78, 5) is 21.5. The summed E-state index contributed by atoms with van der Waals surface area (Å²) in [5.41, 5.74) is 0. The van der Waals surface area contributed by atoms with Crippen molar-refractivity contribution in [2.24, 2.45) is 0 Å². The van der Waals surface area contributed by atoms with Crippen molar-refractivity contribution in [3.8, 4) is 0 Å². The molecule has 0 unspecified atom stereocenters. The monoisotopic (exact) mass is 280 g/mol. The van der Waals surface area contributed by atoms with Gasteiger partial charge in [-0.2, -0.15) is 0 Å². The number of aliphatic carboxylic acids is 1. The van der Waals surface area contributed by atoms with Crippen molar-refractivity contribution in [3.63, 3.8) is 0 Å². The van der Waals surface area contributed by atoms with Gasteiger partial charge in [0, 0.05) is 0 Å². The fraction of sp³-hybridized carbons (Fsp3) is 0.800. The number of hydrogen-bond acceptors (Lipinski definition) is 8. The molecule has 110 valence electrons. The van der Waals surface area contributed by atoms with Crippen molar-refractivity contribution >= 4 is 11.9 Å². The summed E-state index contributed by atoms with van der Waals surface area (Å²) in [6, 6.07) is 0. The summed E-state index contributed by atoms with van der Waals surface area (Å²) in [5, 5.41) is 55.5. The predicted octanol–water partition coefficient (Wildman–Crippen LogP) is -3.42. The van der Waals surface area contributed by atoms with Crippen LogP contribution in [0.2, 0.25) is 0 Å². The highest BCUT2D eigenvalue weighted by Crippen LogP contribution is 2.24. The van der Waals surface area contributed by atoms with E-state index in [0.29, 0.717) is 0 Å². The third-order valence-corrected chi connectivity index (χ3v) is 2.88. The molecule has 19 heavy (non-hydrogen) atoms. The SMILES string of the molecule is O=C(O)CCC(=O)O[C@@H]1[C@@H](O)[C@H](O)[C@@H](O)[C@H](O)[C@@H]1O. The zero-order valence-electron chi connectivity index (χ0n) is 9.79. The number of carbonyl (C=O) groups is 2. The maximum Gasteiger partial charge on any atom is 0.306 e. The number of carboxylic acids is 1. The molecule has 6 atom stereocenters. The van der Waals surface area contributed by atoms with Crippen molar-refractivity contribution < 1.29 is 45.0 Å². The average Bonchev–Trinajstić information content (AvgIpc) is 2.36. The van der Waals surface area contributed by atoms with Gasteiger partial charge in [0.05, 0.1) is 12.8 Å². The van der Waals surface area contributed by atoms with Crippen molar-refractivity contribution in [2.75, 3.05) is 0 Å². The van der Waals surface area contributed by atoms with Gasteiger partial charge in [-0.05, 0) is 0 Å². The number of rotatable bonds is 4. The van der Waals surface area contributed by atoms with E-state index in [2.05, 4.69) is 4.74 Å². The largest absolute Gasteiger partial charge is 0.481 e. The third-order valence-electron chi connectivity index (χ3n) is 2.88. The molecule has 0 bridgehead atoms. The van der Waals surface area contributed by atoms with Gasteiger partial charge in [0.1, 0.15) is 30.5 Å². The number of hydrogen-bond donors (Lipinski definition) is 6. The van der Waals surface area contributed by atoms with Crippen LogP contribution in [-0.2, 0) is 14.3 Å². The normalized spacial score (nSPS) is 38.8. The average molecular weight is 280 g/mol. The van der Waals surface area contributed by atoms with Crippen LogP contribution in [0, 0.1) is 0 Å². The summed E-state index contributed by atoms with van der Waals surface area (Å²) in [5.74, 6) is -2.24. The van der Waals surface area contributed by atoms with Crippen LogP contribution in [0.3, 0.4) is 0 Å². The van der Waals surface area contributed by atoms with Crippen LogP contribution in [0.5, 0.6) is 0 Å². The topological polar surface area (TPSA) is 165 Å². The van der Waals surface area contributed by atoms with Crippen LogP contribution in [0.4, 0.5) is 0 Å². The Morgan fingerprint density at radius 3 is 1.63 bits per heavy atom. The first-order valence-corrected chi connectivity index (χ1v) is 5.57. The highest BCUT2D eigenvalue weighted by atomic mass is 16.6. The molecule has 1 fully saturated rings. The molecule has 0 radical (unpaired) electrons. The minimum Gasteiger partial charge on any atom is -0.481 e. The second-order valence-corrected chi connectivity index (χ2v) is 4.30. The summed E-state index contributed by atoms with van der Waals surface area (Å²) in [7, 11) is 0. The van der Waals surface area contributed by atoms with Crippen molar-refractivity contribution in [3.05, 3.63) is 0 Å². The van der Waals surface area contributed by atoms with Gasteiger partial charge in [-0.3, -0.25) is 9.59 Å². The molecular weight excluding hydrogens is 264 g/mol. The highest BCUT2D eigenvalue weighted by Gasteiger charge is 2.50. The van der Waals surface area contributed by atoms with E-state index in [1.807, 2.05) is 0 Å². The fourth-order valence-electron chi connectivity index (χ4n) is 1.76. The van der Waals surface area contributed by atoms with Gasteiger partial charge in [-0.25, -0.2) is 0 Å². The molecule has 9 nitrogen and oxygen atoms in total. The van der Waals surface area contributed by atoms with Gasteiger partial charge < -0.3 is 35.4 Å². The molecule has 0 amide bonds. The van der Waals surface area contributed by atoms with Crippen LogP contribution in [-0.4, -0.2) is 79.2 Å². The van der Waals surface area contributed by atoms with Crippen LogP contribution in [0.1, 0.15) is 12.8 Å². The molecule has 6 N–H and O–H groups in total. The Bertz CT molecular complexity index is 328. The first kappa shape index (κ1) is 15.8. The Labute approximate surface area is 107 Å². The molecule has 1 rings (SSSR count). The lowest BCUT2D eigenvalue weighted by Gasteiger charge is -2.41. The van der Waals surface area contributed by atoms with E-state index in [1.54, 1.807) is 0 Å². The third kappa shape index (κ3) is 3.61. The summed E-state index contributed by atoms with van der Waals surface area (Å²) >= 11 is 0.